The standard InChI is InChI=1S/C10H17N.C5H10.C2H6/c1-5-8-10(7-3)11-9(4)6-2;1-4-5(2)3;1-2/h6-7H,3,5,8H2,1-2,4H3;4H,1-3H3;1-2H3/b9-6-,11-10?;;. The summed E-state index contributed by atoms with van der Waals surface area (Å²) in [5, 5.41) is 0. The van der Waals surface area contributed by atoms with Crippen LogP contribution in [0.4, 0.5) is 0 Å². The van der Waals surface area contributed by atoms with Gasteiger partial charge in [-0.25, -0.2) is 0 Å². The lowest BCUT2D eigenvalue weighted by atomic mass is 10.2. The van der Waals surface area contributed by atoms with Crippen molar-refractivity contribution in [2.75, 3.05) is 0 Å². The first-order valence-electron chi connectivity index (χ1n) is 6.94. The molecular weight excluding hydrogens is 218 g/mol. The second-order valence-electron chi connectivity index (χ2n) is 3.85. The molecule has 0 atom stereocenters. The molecule has 0 aromatic heterocycles. The third-order valence-electron chi connectivity index (χ3n) is 2.06. The Morgan fingerprint density at radius 3 is 1.72 bits per heavy atom. The van der Waals surface area contributed by atoms with Crippen LogP contribution in [0.15, 0.2) is 41.1 Å². The maximum absolute atomic E-state index is 4.36. The minimum absolute atomic E-state index is 1.02. The molecule has 0 unspecified atom stereocenters. The molecule has 106 valence electrons. The minimum atomic E-state index is 1.02. The zero-order chi connectivity index (χ0) is 15.0. The molecule has 0 spiro atoms. The van der Waals surface area contributed by atoms with E-state index in [2.05, 4.69) is 38.4 Å². The van der Waals surface area contributed by atoms with Gasteiger partial charge >= 0.3 is 0 Å². The predicted octanol–water partition coefficient (Wildman–Crippen LogP) is 6.34. The molecule has 0 aromatic rings. The van der Waals surface area contributed by atoms with Gasteiger partial charge in [0.25, 0.3) is 0 Å². The van der Waals surface area contributed by atoms with E-state index >= 15 is 0 Å². The van der Waals surface area contributed by atoms with Crippen LogP contribution in [0.5, 0.6) is 0 Å². The first kappa shape index (κ1) is 22.1. The molecule has 0 saturated heterocycles. The van der Waals surface area contributed by atoms with E-state index in [1.165, 1.54) is 5.57 Å². The molecule has 0 N–H and O–H groups in total. The summed E-state index contributed by atoms with van der Waals surface area (Å²) < 4.78 is 0. The van der Waals surface area contributed by atoms with Crippen molar-refractivity contribution in [2.45, 2.75) is 68.2 Å². The molecule has 0 heterocycles. The normalized spacial score (nSPS) is 10.4. The molecule has 1 heteroatoms. The van der Waals surface area contributed by atoms with Gasteiger partial charge in [0.2, 0.25) is 0 Å². The zero-order valence-corrected chi connectivity index (χ0v) is 13.8. The smallest absolute Gasteiger partial charge is 0.0400 e. The summed E-state index contributed by atoms with van der Waals surface area (Å²) >= 11 is 0. The third-order valence-corrected chi connectivity index (χ3v) is 2.06. The molecular formula is C17H33N. The average Bonchev–Trinajstić information content (AvgIpc) is 2.40. The highest BCUT2D eigenvalue weighted by Crippen LogP contribution is 2.00. The predicted molar refractivity (Wildman–Crippen MR) is 88.4 cm³/mol. The number of nitrogens with zero attached hydrogens (tertiary/aromatic N) is 1. The van der Waals surface area contributed by atoms with Gasteiger partial charge < -0.3 is 0 Å². The maximum atomic E-state index is 4.36. The molecule has 0 aliphatic carbocycles. The Balaban J connectivity index is -0.000000270. The second kappa shape index (κ2) is 18.3. The minimum Gasteiger partial charge on any atom is -0.259 e. The molecule has 1 nitrogen and oxygen atoms in total. The zero-order valence-electron chi connectivity index (χ0n) is 13.8. The molecule has 0 rings (SSSR count). The van der Waals surface area contributed by atoms with Crippen LogP contribution in [0, 0.1) is 0 Å². The molecule has 0 aliphatic rings. The average molecular weight is 251 g/mol. The van der Waals surface area contributed by atoms with Gasteiger partial charge in [0.05, 0.1) is 0 Å². The molecule has 0 fully saturated rings. The molecule has 0 saturated carbocycles. The molecule has 0 aliphatic heterocycles. The van der Waals surface area contributed by atoms with Gasteiger partial charge in [-0.05, 0) is 47.1 Å². The first-order valence-corrected chi connectivity index (χ1v) is 6.94. The van der Waals surface area contributed by atoms with E-state index in [0.717, 1.165) is 24.3 Å². The van der Waals surface area contributed by atoms with Gasteiger partial charge in [0.15, 0.2) is 0 Å². The number of hydrogen-bond donors (Lipinski definition) is 0. The van der Waals surface area contributed by atoms with Crippen LogP contribution in [0.25, 0.3) is 0 Å². The lowest BCUT2D eigenvalue weighted by Gasteiger charge is -1.97. The van der Waals surface area contributed by atoms with E-state index in [1.54, 1.807) is 0 Å². The van der Waals surface area contributed by atoms with Gasteiger partial charge in [-0.1, -0.05) is 51.5 Å². The Morgan fingerprint density at radius 1 is 1.06 bits per heavy atom. The Hall–Kier alpha value is -1.11. The summed E-state index contributed by atoms with van der Waals surface area (Å²) in [6, 6.07) is 0. The van der Waals surface area contributed by atoms with E-state index in [4.69, 9.17) is 0 Å². The fourth-order valence-electron chi connectivity index (χ4n) is 0.751. The van der Waals surface area contributed by atoms with E-state index < -0.39 is 0 Å². The van der Waals surface area contributed by atoms with Crippen LogP contribution >= 0.6 is 0 Å². The van der Waals surface area contributed by atoms with Crippen LogP contribution < -0.4 is 0 Å². The molecule has 0 aromatic carbocycles. The lowest BCUT2D eigenvalue weighted by Crippen LogP contribution is -1.91. The van der Waals surface area contributed by atoms with Gasteiger partial charge in [-0.2, -0.15) is 0 Å². The van der Waals surface area contributed by atoms with Crippen molar-refractivity contribution < 1.29 is 0 Å². The molecule has 0 radical (unpaired) electrons. The SMILES string of the molecule is C=CC(CCC)=N/C(C)=C\C.CC.CC=C(C)C. The highest BCUT2D eigenvalue weighted by Gasteiger charge is 1.90. The van der Waals surface area contributed by atoms with Gasteiger partial charge in [0, 0.05) is 11.4 Å². The number of allylic oxidation sites excluding steroid dienone is 5. The quantitative estimate of drug-likeness (QED) is 0.408. The van der Waals surface area contributed by atoms with Crippen LogP contribution in [0.2, 0.25) is 0 Å². The molecule has 0 amide bonds. The summed E-state index contributed by atoms with van der Waals surface area (Å²) in [5.41, 5.74) is 3.53. The number of rotatable bonds is 4. The van der Waals surface area contributed by atoms with Gasteiger partial charge in [-0.15, -0.1) is 0 Å². The Kier molecular flexibility index (Phi) is 22.4. The van der Waals surface area contributed by atoms with Crippen molar-refractivity contribution in [3.05, 3.63) is 36.1 Å². The topological polar surface area (TPSA) is 12.4 Å². The monoisotopic (exact) mass is 251 g/mol. The van der Waals surface area contributed by atoms with Crippen LogP contribution in [-0.2, 0) is 0 Å². The van der Waals surface area contributed by atoms with Crippen LogP contribution in [0.3, 0.4) is 0 Å². The Morgan fingerprint density at radius 2 is 1.50 bits per heavy atom. The lowest BCUT2D eigenvalue weighted by molar-refractivity contribution is 0.992. The van der Waals surface area contributed by atoms with E-state index in [1.807, 2.05) is 46.8 Å². The summed E-state index contributed by atoms with van der Waals surface area (Å²) in [4.78, 5) is 4.36. The van der Waals surface area contributed by atoms with Gasteiger partial charge in [-0.3, -0.25) is 4.99 Å². The van der Waals surface area contributed by atoms with Crippen LogP contribution in [-0.4, -0.2) is 5.71 Å². The maximum Gasteiger partial charge on any atom is 0.0400 e. The van der Waals surface area contributed by atoms with Gasteiger partial charge in [0.1, 0.15) is 0 Å². The van der Waals surface area contributed by atoms with Crippen molar-refractivity contribution in [2.24, 2.45) is 4.99 Å². The van der Waals surface area contributed by atoms with E-state index in [-0.39, 0.29) is 0 Å². The van der Waals surface area contributed by atoms with Crippen molar-refractivity contribution in [3.8, 4) is 0 Å². The summed E-state index contributed by atoms with van der Waals surface area (Å²) in [5.74, 6) is 0. The first-order chi connectivity index (χ1) is 8.51. The third kappa shape index (κ3) is 20.3. The number of aliphatic imine (C=N–C) groups is 1. The molecule has 18 heavy (non-hydrogen) atoms. The summed E-state index contributed by atoms with van der Waals surface area (Å²) in [6.07, 6.45) is 8.06. The van der Waals surface area contributed by atoms with Crippen LogP contribution in [0.1, 0.15) is 68.2 Å². The Labute approximate surface area is 115 Å². The van der Waals surface area contributed by atoms with Crippen molar-refractivity contribution in [1.29, 1.82) is 0 Å². The van der Waals surface area contributed by atoms with Crippen molar-refractivity contribution >= 4 is 5.71 Å². The summed E-state index contributed by atoms with van der Waals surface area (Å²) in [7, 11) is 0. The van der Waals surface area contributed by atoms with Crippen molar-refractivity contribution in [3.63, 3.8) is 0 Å². The van der Waals surface area contributed by atoms with E-state index in [9.17, 15) is 0 Å². The number of hydrogen-bond acceptors (Lipinski definition) is 1. The fourth-order valence-corrected chi connectivity index (χ4v) is 0.751. The summed E-state index contributed by atoms with van der Waals surface area (Å²) in [6.45, 7) is 20.0. The fraction of sp³-hybridized carbons (Fsp3) is 0.588. The largest absolute Gasteiger partial charge is 0.259 e. The van der Waals surface area contributed by atoms with E-state index in [0.29, 0.717) is 0 Å². The highest BCUT2D eigenvalue weighted by atomic mass is 14.7. The highest BCUT2D eigenvalue weighted by molar-refractivity contribution is 5.95. The molecule has 0 bridgehead atoms. The second-order valence-corrected chi connectivity index (χ2v) is 3.85. The van der Waals surface area contributed by atoms with Crippen molar-refractivity contribution in [1.82, 2.24) is 0 Å². The Bertz CT molecular complexity index is 263.